The van der Waals surface area contributed by atoms with Crippen molar-refractivity contribution in [2.45, 2.75) is 24.8 Å². The molecule has 2 aromatic rings. The first-order valence-corrected chi connectivity index (χ1v) is 9.62. The maximum Gasteiger partial charge on any atom is 0.220 e. The second kappa shape index (κ2) is 7.33. The van der Waals surface area contributed by atoms with Gasteiger partial charge in [0.15, 0.2) is 5.65 Å². The molecule has 2 aromatic heterocycles. The van der Waals surface area contributed by atoms with Crippen LogP contribution in [0.25, 0.3) is 5.65 Å². The minimum atomic E-state index is -2.21. The molecule has 3 heterocycles. The number of hydrogen-bond donors (Lipinski definition) is 1. The van der Waals surface area contributed by atoms with Crippen molar-refractivity contribution < 1.29 is 8.42 Å². The fraction of sp³-hybridized carbons (Fsp3) is 0.500. The quantitative estimate of drug-likeness (QED) is 0.630. The fourth-order valence-electron chi connectivity index (χ4n) is 2.64. The van der Waals surface area contributed by atoms with Gasteiger partial charge in [0, 0.05) is 44.0 Å². The van der Waals surface area contributed by atoms with Crippen molar-refractivity contribution in [1.82, 2.24) is 19.9 Å². The average molecular weight is 353 g/mol. The lowest BCUT2D eigenvalue weighted by molar-refractivity contribution is 0.578. The number of piperazine rings is 1. The van der Waals surface area contributed by atoms with Crippen molar-refractivity contribution >= 4 is 38.2 Å². The highest BCUT2D eigenvalue weighted by molar-refractivity contribution is 8.19. The van der Waals surface area contributed by atoms with Gasteiger partial charge in [-0.25, -0.2) is 4.98 Å². The normalized spacial score (nSPS) is 15.1. The third-order valence-corrected chi connectivity index (χ3v) is 5.09. The van der Waals surface area contributed by atoms with Gasteiger partial charge >= 0.3 is 0 Å². The van der Waals surface area contributed by atoms with Crippen molar-refractivity contribution in [2.75, 3.05) is 31.1 Å². The van der Waals surface area contributed by atoms with E-state index in [1.165, 1.54) is 0 Å². The topological polar surface area (TPSA) is 79.6 Å². The van der Waals surface area contributed by atoms with E-state index >= 15 is 0 Å². The average Bonchev–Trinajstić information content (AvgIpc) is 2.96. The number of anilines is 1. The zero-order valence-corrected chi connectivity index (χ0v) is 14.5. The third-order valence-electron chi connectivity index (χ3n) is 3.63. The molecule has 1 N–H and O–H groups in total. The van der Waals surface area contributed by atoms with E-state index in [4.69, 9.17) is 0 Å². The molecule has 0 amide bonds. The van der Waals surface area contributed by atoms with E-state index in [-0.39, 0.29) is 0 Å². The predicted octanol–water partition coefficient (Wildman–Crippen LogP) is 0.822. The molecule has 0 spiro atoms. The molecule has 1 saturated heterocycles. The Bertz CT molecular complexity index is 817. The standard InChI is InChI=1S/C14H19N5O2S2/c1-2-3-11-8-14(18-6-4-15-5-7-18)19-12(16-11)9-13(17-19)22-10-23(20)21/h8-10,15H,2-7H2,1H3. The van der Waals surface area contributed by atoms with E-state index in [1.54, 1.807) is 0 Å². The van der Waals surface area contributed by atoms with Crippen LogP contribution in [0.3, 0.4) is 0 Å². The highest BCUT2D eigenvalue weighted by Crippen LogP contribution is 2.23. The zero-order valence-electron chi connectivity index (χ0n) is 12.9. The van der Waals surface area contributed by atoms with Crippen LogP contribution >= 0.6 is 11.8 Å². The molecule has 0 aliphatic carbocycles. The lowest BCUT2D eigenvalue weighted by Crippen LogP contribution is -2.44. The van der Waals surface area contributed by atoms with Crippen molar-refractivity contribution in [3.63, 3.8) is 0 Å². The minimum absolute atomic E-state index is 0.631. The third kappa shape index (κ3) is 3.85. The number of thioether (sulfide) groups is 1. The number of nitrogens with one attached hydrogen (secondary N) is 1. The maximum atomic E-state index is 10.7. The van der Waals surface area contributed by atoms with Gasteiger partial charge in [0.2, 0.25) is 10.3 Å². The van der Waals surface area contributed by atoms with Gasteiger partial charge in [-0.3, -0.25) is 0 Å². The molecule has 1 fully saturated rings. The van der Waals surface area contributed by atoms with Gasteiger partial charge in [-0.1, -0.05) is 25.1 Å². The first kappa shape index (κ1) is 16.3. The van der Waals surface area contributed by atoms with Crippen LogP contribution in [0.5, 0.6) is 0 Å². The Morgan fingerprint density at radius 1 is 1.35 bits per heavy atom. The number of nitrogens with zero attached hydrogens (tertiary/aromatic N) is 4. The Hall–Kier alpha value is -1.58. The van der Waals surface area contributed by atoms with Crippen LogP contribution in [0.4, 0.5) is 5.82 Å². The molecule has 1 aliphatic heterocycles. The van der Waals surface area contributed by atoms with E-state index in [0.717, 1.165) is 72.6 Å². The van der Waals surface area contributed by atoms with E-state index in [2.05, 4.69) is 33.3 Å². The van der Waals surface area contributed by atoms with Crippen LogP contribution in [-0.4, -0.2) is 53.9 Å². The molecular formula is C14H19N5O2S2. The Kier molecular flexibility index (Phi) is 5.19. The van der Waals surface area contributed by atoms with Crippen molar-refractivity contribution in [3.05, 3.63) is 17.8 Å². The van der Waals surface area contributed by atoms with Crippen LogP contribution in [0, 0.1) is 0 Å². The number of aromatic nitrogens is 3. The van der Waals surface area contributed by atoms with Crippen molar-refractivity contribution in [2.24, 2.45) is 0 Å². The van der Waals surface area contributed by atoms with Crippen molar-refractivity contribution in [1.29, 1.82) is 0 Å². The number of aryl methyl sites for hydroxylation is 1. The summed E-state index contributed by atoms with van der Waals surface area (Å²) < 4.78 is 24.4. The number of fused-ring (bicyclic) bond motifs is 1. The SMILES string of the molecule is CCCc1cc(N2CCNCC2)n2nc(SC=S(=O)=O)cc2n1. The smallest absolute Gasteiger partial charge is 0.220 e. The second-order valence-corrected chi connectivity index (χ2v) is 7.26. The van der Waals surface area contributed by atoms with E-state index in [1.807, 2.05) is 10.6 Å². The van der Waals surface area contributed by atoms with Crippen molar-refractivity contribution in [3.8, 4) is 0 Å². The highest BCUT2D eigenvalue weighted by Gasteiger charge is 2.17. The molecule has 9 heteroatoms. The van der Waals surface area contributed by atoms with Gasteiger partial charge in [-0.2, -0.15) is 18.0 Å². The molecule has 124 valence electrons. The molecular weight excluding hydrogens is 334 g/mol. The van der Waals surface area contributed by atoms with Gasteiger partial charge < -0.3 is 10.2 Å². The van der Waals surface area contributed by atoms with Crippen LogP contribution in [0.15, 0.2) is 17.2 Å². The second-order valence-electron chi connectivity index (χ2n) is 5.32. The summed E-state index contributed by atoms with van der Waals surface area (Å²) in [6.07, 6.45) is 1.95. The summed E-state index contributed by atoms with van der Waals surface area (Å²) in [7, 11) is -2.21. The first-order valence-electron chi connectivity index (χ1n) is 7.61. The molecule has 0 aromatic carbocycles. The van der Waals surface area contributed by atoms with Crippen LogP contribution in [0.1, 0.15) is 19.0 Å². The Labute approximate surface area is 140 Å². The Morgan fingerprint density at radius 2 is 2.13 bits per heavy atom. The first-order chi connectivity index (χ1) is 11.2. The minimum Gasteiger partial charge on any atom is -0.354 e. The van der Waals surface area contributed by atoms with Gasteiger partial charge in [0.1, 0.15) is 10.8 Å². The largest absolute Gasteiger partial charge is 0.354 e. The van der Waals surface area contributed by atoms with Gasteiger partial charge in [0.25, 0.3) is 0 Å². The highest BCUT2D eigenvalue weighted by atomic mass is 32.2. The monoisotopic (exact) mass is 353 g/mol. The van der Waals surface area contributed by atoms with Gasteiger partial charge in [-0.15, -0.1) is 0 Å². The zero-order chi connectivity index (χ0) is 16.2. The summed E-state index contributed by atoms with van der Waals surface area (Å²) in [4.78, 5) is 6.94. The van der Waals surface area contributed by atoms with Crippen LogP contribution < -0.4 is 10.2 Å². The number of hydrogen-bond acceptors (Lipinski definition) is 7. The molecule has 0 radical (unpaired) electrons. The maximum absolute atomic E-state index is 10.7. The van der Waals surface area contributed by atoms with Crippen LogP contribution in [0.2, 0.25) is 0 Å². The van der Waals surface area contributed by atoms with E-state index in [9.17, 15) is 8.42 Å². The molecule has 0 atom stereocenters. The molecule has 1 aliphatic rings. The summed E-state index contributed by atoms with van der Waals surface area (Å²) in [5, 5.41) is 8.49. The molecule has 23 heavy (non-hydrogen) atoms. The molecule has 7 nitrogen and oxygen atoms in total. The molecule has 0 bridgehead atoms. The Balaban J connectivity index is 2.04. The number of rotatable bonds is 5. The lowest BCUT2D eigenvalue weighted by atomic mass is 10.2. The Morgan fingerprint density at radius 3 is 2.83 bits per heavy atom. The van der Waals surface area contributed by atoms with Crippen LogP contribution in [-0.2, 0) is 16.7 Å². The van der Waals surface area contributed by atoms with E-state index in [0.29, 0.717) is 5.03 Å². The molecule has 0 saturated carbocycles. The van der Waals surface area contributed by atoms with Gasteiger partial charge in [-0.05, 0) is 6.42 Å². The molecule has 3 rings (SSSR count). The summed E-state index contributed by atoms with van der Waals surface area (Å²) >= 11 is 1.09. The lowest BCUT2D eigenvalue weighted by Gasteiger charge is -2.29. The molecule has 0 unspecified atom stereocenters. The summed E-state index contributed by atoms with van der Waals surface area (Å²) in [6.45, 7) is 5.86. The van der Waals surface area contributed by atoms with Gasteiger partial charge in [0.05, 0.1) is 4.70 Å². The predicted molar refractivity (Wildman–Crippen MR) is 92.9 cm³/mol. The summed E-state index contributed by atoms with van der Waals surface area (Å²) in [5.41, 5.74) is 1.80. The fourth-order valence-corrected chi connectivity index (χ4v) is 3.65. The summed E-state index contributed by atoms with van der Waals surface area (Å²) in [6, 6.07) is 3.93. The van der Waals surface area contributed by atoms with E-state index < -0.39 is 10.3 Å². The summed E-state index contributed by atoms with van der Waals surface area (Å²) in [5.74, 6) is 1.02.